The minimum Gasteiger partial charge on any atom is -0.347 e. The van der Waals surface area contributed by atoms with Gasteiger partial charge in [0.15, 0.2) is 0 Å². The smallest absolute Gasteiger partial charge is 0.347 e. The van der Waals surface area contributed by atoms with Gasteiger partial charge in [0.25, 0.3) is 0 Å². The highest BCUT2D eigenvalue weighted by Gasteiger charge is 2.68. The van der Waals surface area contributed by atoms with Crippen LogP contribution < -0.4 is 4.18 Å². The molecule has 4 nitrogen and oxygen atoms in total. The maximum atomic E-state index is 12.0. The van der Waals surface area contributed by atoms with Crippen LogP contribution >= 0.6 is 10.5 Å². The van der Waals surface area contributed by atoms with E-state index in [1.54, 1.807) is 0 Å². The Bertz CT molecular complexity index is 485. The third-order valence-corrected chi connectivity index (χ3v) is 2.05. The number of halogens is 5. The van der Waals surface area contributed by atoms with Crippen LogP contribution in [0.5, 0.6) is 5.75 Å². The highest BCUT2D eigenvalue weighted by Crippen LogP contribution is 2.97. The summed E-state index contributed by atoms with van der Waals surface area (Å²) in [6, 6.07) is 2.18. The van der Waals surface area contributed by atoms with Gasteiger partial charge < -0.3 is 4.18 Å². The third-order valence-electron chi connectivity index (χ3n) is 1.56. The summed E-state index contributed by atoms with van der Waals surface area (Å²) in [7, 11) is -10.2. The number of nitro groups is 1. The van der Waals surface area contributed by atoms with E-state index in [0.29, 0.717) is 12.1 Å². The quantitative estimate of drug-likeness (QED) is 0.465. The lowest BCUT2D eigenvalue weighted by Gasteiger charge is -2.38. The summed E-state index contributed by atoms with van der Waals surface area (Å²) >= 11 is 0. The molecule has 0 aromatic heterocycles. The van der Waals surface area contributed by atoms with E-state index in [1.165, 1.54) is 6.92 Å². The zero-order valence-corrected chi connectivity index (χ0v) is 9.02. The van der Waals surface area contributed by atoms with E-state index >= 15 is 0 Å². The molecule has 98 valence electrons. The average molecular weight is 279 g/mol. The van der Waals surface area contributed by atoms with Crippen LogP contribution in [0.1, 0.15) is 5.56 Å². The Labute approximate surface area is 92.1 Å². The first kappa shape index (κ1) is 13.5. The molecule has 0 aliphatic rings. The fourth-order valence-corrected chi connectivity index (χ4v) is 1.49. The van der Waals surface area contributed by atoms with Crippen molar-refractivity contribution in [2.45, 2.75) is 6.92 Å². The second-order valence-corrected chi connectivity index (χ2v) is 5.17. The van der Waals surface area contributed by atoms with Gasteiger partial charge in [0, 0.05) is 6.07 Å². The number of nitro benzene ring substituents is 1. The lowest BCUT2D eigenvalue weighted by atomic mass is 10.2. The first-order valence-corrected chi connectivity index (χ1v) is 5.85. The van der Waals surface area contributed by atoms with Crippen molar-refractivity contribution in [2.75, 3.05) is 0 Å². The molecule has 17 heavy (non-hydrogen) atoms. The van der Waals surface area contributed by atoms with Gasteiger partial charge in [-0.1, -0.05) is 25.5 Å². The zero-order chi connectivity index (χ0) is 13.5. The van der Waals surface area contributed by atoms with Crippen LogP contribution in [0.15, 0.2) is 18.2 Å². The van der Waals surface area contributed by atoms with Crippen molar-refractivity contribution in [3.63, 3.8) is 0 Å². The molecule has 1 aromatic rings. The van der Waals surface area contributed by atoms with E-state index < -0.39 is 26.9 Å². The summed E-state index contributed by atoms with van der Waals surface area (Å²) in [5, 5.41) is 10.4. The van der Waals surface area contributed by atoms with Gasteiger partial charge in [-0.3, -0.25) is 10.1 Å². The SMILES string of the molecule is Cc1ccc(OS(F)(F)(F)(F)F)c([N+](=O)[O-])c1. The molecular weight excluding hydrogens is 273 g/mol. The van der Waals surface area contributed by atoms with Crippen LogP contribution in [-0.2, 0) is 0 Å². The van der Waals surface area contributed by atoms with Gasteiger partial charge in [-0.15, -0.1) is 0 Å². The molecule has 0 bridgehead atoms. The first-order valence-electron chi connectivity index (χ1n) is 3.97. The maximum absolute atomic E-state index is 12.0. The Morgan fingerprint density at radius 2 is 1.76 bits per heavy atom. The van der Waals surface area contributed by atoms with Crippen molar-refractivity contribution in [2.24, 2.45) is 0 Å². The average Bonchev–Trinajstić information content (AvgIpc) is 2.03. The topological polar surface area (TPSA) is 52.4 Å². The minimum absolute atomic E-state index is 0.242. The predicted octanol–water partition coefficient (Wildman–Crippen LogP) is 4.50. The Hall–Kier alpha value is -1.58. The van der Waals surface area contributed by atoms with Gasteiger partial charge in [-0.25, -0.2) is 0 Å². The monoisotopic (exact) mass is 279 g/mol. The van der Waals surface area contributed by atoms with E-state index in [9.17, 15) is 29.5 Å². The van der Waals surface area contributed by atoms with Crippen molar-refractivity contribution >= 4 is 16.2 Å². The maximum Gasteiger partial charge on any atom is 0.436 e. The summed E-state index contributed by atoms with van der Waals surface area (Å²) in [5.41, 5.74) is -0.926. The molecule has 0 aliphatic carbocycles. The van der Waals surface area contributed by atoms with Crippen LogP contribution in [0.2, 0.25) is 0 Å². The van der Waals surface area contributed by atoms with Crippen LogP contribution in [0, 0.1) is 17.0 Å². The molecule has 0 radical (unpaired) electrons. The van der Waals surface area contributed by atoms with Crippen LogP contribution in [-0.4, -0.2) is 4.92 Å². The van der Waals surface area contributed by atoms with Crippen LogP contribution in [0.3, 0.4) is 0 Å². The van der Waals surface area contributed by atoms with E-state index in [1.807, 2.05) is 0 Å². The predicted molar refractivity (Wildman–Crippen MR) is 51.6 cm³/mol. The largest absolute Gasteiger partial charge is 0.436 e. The molecule has 0 saturated carbocycles. The van der Waals surface area contributed by atoms with E-state index in [0.717, 1.165) is 6.07 Å². The Morgan fingerprint density at radius 3 is 2.18 bits per heavy atom. The summed E-state index contributed by atoms with van der Waals surface area (Å²) < 4.78 is 62.7. The second kappa shape index (κ2) is 3.00. The van der Waals surface area contributed by atoms with Gasteiger partial charge in [0.1, 0.15) is 0 Å². The van der Waals surface area contributed by atoms with Gasteiger partial charge in [-0.2, -0.15) is 0 Å². The van der Waals surface area contributed by atoms with Crippen molar-refractivity contribution in [1.82, 2.24) is 0 Å². The highest BCUT2D eigenvalue weighted by atomic mass is 32.5. The fourth-order valence-electron chi connectivity index (χ4n) is 1.01. The highest BCUT2D eigenvalue weighted by molar-refractivity contribution is 8.42. The fraction of sp³-hybridized carbons (Fsp3) is 0.143. The van der Waals surface area contributed by atoms with Crippen LogP contribution in [0.25, 0.3) is 0 Å². The van der Waals surface area contributed by atoms with Crippen molar-refractivity contribution in [3.05, 3.63) is 33.9 Å². The molecule has 1 rings (SSSR count). The first-order chi connectivity index (χ1) is 7.27. The molecule has 0 aliphatic heterocycles. The molecule has 0 unspecified atom stereocenters. The molecule has 0 heterocycles. The molecule has 0 amide bonds. The van der Waals surface area contributed by atoms with E-state index in [-0.39, 0.29) is 5.56 Å². The molecule has 0 atom stereocenters. The lowest BCUT2D eigenvalue weighted by Crippen LogP contribution is -2.14. The van der Waals surface area contributed by atoms with Gasteiger partial charge in [-0.05, 0) is 18.6 Å². The number of hydrogen-bond acceptors (Lipinski definition) is 3. The van der Waals surface area contributed by atoms with Gasteiger partial charge >= 0.3 is 16.2 Å². The minimum atomic E-state index is -10.2. The summed E-state index contributed by atoms with van der Waals surface area (Å²) in [6.45, 7) is 1.36. The van der Waals surface area contributed by atoms with Crippen molar-refractivity contribution < 1.29 is 28.5 Å². The summed E-state index contributed by atoms with van der Waals surface area (Å²) in [5.74, 6) is -1.53. The molecule has 0 spiro atoms. The Balaban J connectivity index is 3.31. The third kappa shape index (κ3) is 4.43. The number of aryl methyl sites for hydroxylation is 1. The normalized spacial score (nSPS) is 15.9. The Morgan fingerprint density at radius 1 is 1.24 bits per heavy atom. The molecule has 0 saturated heterocycles. The molecule has 1 aromatic carbocycles. The number of rotatable bonds is 3. The Kier molecular flexibility index (Phi) is 2.38. The van der Waals surface area contributed by atoms with Crippen molar-refractivity contribution in [1.29, 1.82) is 0 Å². The molecule has 10 heteroatoms. The molecular formula is C7H6F5NO3S. The van der Waals surface area contributed by atoms with E-state index in [2.05, 4.69) is 4.18 Å². The summed E-state index contributed by atoms with van der Waals surface area (Å²) in [4.78, 5) is 9.16. The molecule has 0 N–H and O–H groups in total. The molecule has 0 fully saturated rings. The van der Waals surface area contributed by atoms with Gasteiger partial charge in [0.05, 0.1) is 4.92 Å². The summed E-state index contributed by atoms with van der Waals surface area (Å²) in [6.07, 6.45) is 0. The number of nitrogens with zero attached hydrogens (tertiary/aromatic N) is 1. The number of benzene rings is 1. The zero-order valence-electron chi connectivity index (χ0n) is 8.20. The van der Waals surface area contributed by atoms with Gasteiger partial charge in [0.2, 0.25) is 5.75 Å². The van der Waals surface area contributed by atoms with Crippen LogP contribution in [0.4, 0.5) is 25.1 Å². The standard InChI is InChI=1S/C7H6F5NO3S/c1-5-2-3-7(6(4-5)13(14)15)16-17(8,9,10,11)12/h2-4H,1H3. The van der Waals surface area contributed by atoms with Crippen molar-refractivity contribution in [3.8, 4) is 5.75 Å². The second-order valence-electron chi connectivity index (χ2n) is 3.21. The number of hydrogen-bond donors (Lipinski definition) is 0. The lowest BCUT2D eigenvalue weighted by molar-refractivity contribution is -0.385. The van der Waals surface area contributed by atoms with E-state index in [4.69, 9.17) is 0 Å².